The Morgan fingerprint density at radius 2 is 0.983 bits per heavy atom. The Balaban J connectivity index is 0.000000150. The third kappa shape index (κ3) is 9.95. The molecule has 0 saturated carbocycles. The fourth-order valence-corrected chi connectivity index (χ4v) is 9.56. The van der Waals surface area contributed by atoms with Gasteiger partial charge >= 0.3 is 37.9 Å². The van der Waals surface area contributed by atoms with Crippen molar-refractivity contribution in [1.82, 2.24) is 0 Å². The van der Waals surface area contributed by atoms with Crippen molar-refractivity contribution in [3.8, 4) is 33.4 Å². The van der Waals surface area contributed by atoms with Gasteiger partial charge in [0, 0.05) is 0 Å². The minimum atomic E-state index is -0.826. The van der Waals surface area contributed by atoms with Crippen LogP contribution in [-0.4, -0.2) is 9.52 Å². The van der Waals surface area contributed by atoms with E-state index in [0.717, 1.165) is 9.52 Å². The van der Waals surface area contributed by atoms with E-state index in [1.54, 1.807) is 0 Å². The molecule has 0 fully saturated rings. The van der Waals surface area contributed by atoms with Gasteiger partial charge in [-0.05, 0) is 97.9 Å². The van der Waals surface area contributed by atoms with Crippen molar-refractivity contribution in [2.45, 2.75) is 93.9 Å². The van der Waals surface area contributed by atoms with Crippen molar-refractivity contribution >= 4 is 58.5 Å². The van der Waals surface area contributed by atoms with E-state index in [1.165, 1.54) is 123 Å². The average Bonchev–Trinajstić information content (AvgIpc) is 4.01. The Labute approximate surface area is 381 Å². The normalized spacial score (nSPS) is 12.3. The molecule has 0 saturated heterocycles. The summed E-state index contributed by atoms with van der Waals surface area (Å²) in [5, 5.41) is 8.34. The standard InChI is InChI=1S/2C22H25.C12H7Si.2ClH.Zr/c2*1-6-14(2)19-12-18-8-7-9-21(22(18)13-19)20-11-10-15(3)16(4)17(20)5;1-3-7-11-9(5-1)10-6-2-4-8-12(10)13-11;;;/h2*7-14H,6H2,1-5H3;1-7H;2*1H;/q3*-1;;;+2/p-2. The summed E-state index contributed by atoms with van der Waals surface area (Å²) in [6.07, 6.45) is 2.38. The molecule has 1 aliphatic heterocycles. The number of halogens is 2. The summed E-state index contributed by atoms with van der Waals surface area (Å²) in [5.41, 5.74) is 19.5. The largest absolute Gasteiger partial charge is 0.184 e. The second-order valence-electron chi connectivity index (χ2n) is 16.4. The van der Waals surface area contributed by atoms with Crippen molar-refractivity contribution in [2.75, 3.05) is 0 Å². The summed E-state index contributed by atoms with van der Waals surface area (Å²) in [6.45, 7) is 22.5. The molecule has 2 atom stereocenters. The first-order valence-electron chi connectivity index (χ1n) is 21.3. The predicted molar refractivity (Wildman–Crippen MR) is 263 cm³/mol. The number of fused-ring (bicyclic) bond motifs is 5. The van der Waals surface area contributed by atoms with Gasteiger partial charge in [-0.1, -0.05) is 123 Å². The monoisotopic (exact) mass is 917 g/mol. The van der Waals surface area contributed by atoms with E-state index in [-0.39, 0.29) is 0 Å². The van der Waals surface area contributed by atoms with Crippen LogP contribution in [0.5, 0.6) is 0 Å². The van der Waals surface area contributed by atoms with Crippen molar-refractivity contribution in [3.05, 3.63) is 178 Å². The topological polar surface area (TPSA) is 0 Å². The molecule has 8 aromatic rings. The zero-order chi connectivity index (χ0) is 43.1. The van der Waals surface area contributed by atoms with Gasteiger partial charge in [-0.25, -0.2) is 0 Å². The van der Waals surface area contributed by atoms with Crippen molar-refractivity contribution < 1.29 is 20.8 Å². The van der Waals surface area contributed by atoms with E-state index in [0.29, 0.717) is 11.8 Å². The zero-order valence-electron chi connectivity index (χ0n) is 36.9. The molecule has 4 heteroatoms. The Morgan fingerprint density at radius 3 is 1.47 bits per heavy atom. The molecule has 1 heterocycles. The Morgan fingerprint density at radius 1 is 0.533 bits per heavy atom. The molecular formula is C56H57Cl2SiZr-3. The number of hydrogen-bond acceptors (Lipinski definition) is 0. The van der Waals surface area contributed by atoms with Crippen LogP contribution in [0.15, 0.2) is 127 Å². The molecular weight excluding hydrogens is 863 g/mol. The molecule has 1 aliphatic rings. The first-order valence-corrected chi connectivity index (χ1v) is 28.6. The molecule has 9 rings (SSSR count). The molecule has 306 valence electrons. The van der Waals surface area contributed by atoms with Gasteiger partial charge in [0.25, 0.3) is 0 Å². The number of aryl methyl sites for hydroxylation is 2. The summed E-state index contributed by atoms with van der Waals surface area (Å²) in [5.74, 6) is 1.25. The number of hydrogen-bond donors (Lipinski definition) is 0. The molecule has 60 heavy (non-hydrogen) atoms. The van der Waals surface area contributed by atoms with Crippen molar-refractivity contribution in [3.63, 3.8) is 0 Å². The zero-order valence-corrected chi connectivity index (χ0v) is 41.9. The second-order valence-corrected chi connectivity index (χ2v) is 21.4. The molecule has 0 amide bonds. The van der Waals surface area contributed by atoms with Crippen LogP contribution >= 0.6 is 17.0 Å². The number of rotatable bonds is 6. The Hall–Kier alpha value is -3.78. The smallest absolute Gasteiger partial charge is 0.0920 e. The van der Waals surface area contributed by atoms with Crippen LogP contribution < -0.4 is 10.4 Å². The van der Waals surface area contributed by atoms with E-state index in [2.05, 4.69) is 197 Å². The summed E-state index contributed by atoms with van der Waals surface area (Å²) < 4.78 is 0. The fraction of sp³-hybridized carbons (Fsp3) is 0.250. The molecule has 2 unspecified atom stereocenters. The quantitative estimate of drug-likeness (QED) is 0.115. The third-order valence-electron chi connectivity index (χ3n) is 12.9. The molecule has 0 nitrogen and oxygen atoms in total. The fourth-order valence-electron chi connectivity index (χ4n) is 8.25. The Bertz CT molecular complexity index is 2530. The summed E-state index contributed by atoms with van der Waals surface area (Å²) in [6, 6.07) is 50.1. The van der Waals surface area contributed by atoms with E-state index < -0.39 is 20.8 Å². The molecule has 0 spiro atoms. The van der Waals surface area contributed by atoms with Gasteiger partial charge in [-0.2, -0.15) is 41.6 Å². The first-order chi connectivity index (χ1) is 28.9. The maximum Gasteiger partial charge on any atom is 0.0920 e. The summed E-state index contributed by atoms with van der Waals surface area (Å²) >= 11 is -0.826. The maximum atomic E-state index is 4.93. The van der Waals surface area contributed by atoms with Crippen LogP contribution in [0.3, 0.4) is 0 Å². The van der Waals surface area contributed by atoms with E-state index in [9.17, 15) is 0 Å². The van der Waals surface area contributed by atoms with Gasteiger partial charge < -0.3 is 0 Å². The molecule has 0 bridgehead atoms. The van der Waals surface area contributed by atoms with Gasteiger partial charge in [0.15, 0.2) is 0 Å². The van der Waals surface area contributed by atoms with E-state index >= 15 is 0 Å². The van der Waals surface area contributed by atoms with Gasteiger partial charge in [0.05, 0.1) is 9.52 Å². The minimum absolute atomic E-state index is 0.626. The van der Waals surface area contributed by atoms with Gasteiger partial charge in [-0.3, -0.25) is 0 Å². The van der Waals surface area contributed by atoms with Crippen molar-refractivity contribution in [1.29, 1.82) is 0 Å². The number of benzene rings is 6. The Kier molecular flexibility index (Phi) is 15.9. The van der Waals surface area contributed by atoms with Gasteiger partial charge in [0.2, 0.25) is 0 Å². The van der Waals surface area contributed by atoms with Gasteiger partial charge in [-0.15, -0.1) is 74.6 Å². The summed E-state index contributed by atoms with van der Waals surface area (Å²) in [4.78, 5) is 0. The van der Waals surface area contributed by atoms with Crippen LogP contribution in [0.1, 0.15) is 96.9 Å². The molecule has 0 N–H and O–H groups in total. The second kappa shape index (κ2) is 20.9. The SMILES string of the molecule is CCC(C)c1cc2c(-c3ccc(C)c(C)c3C)cccc2[cH-]1.CCC(C)c1cc2c(-c3ccc(C)c(C)c3C)cccc2[cH-]1.[Cl][Zr][Cl].[c-]1cccc2c1[Si]c1ccccc1-2. The van der Waals surface area contributed by atoms with Crippen LogP contribution in [0, 0.1) is 47.6 Å². The third-order valence-corrected chi connectivity index (χ3v) is 14.3. The average molecular weight is 920 g/mol. The maximum absolute atomic E-state index is 4.93. The minimum Gasteiger partial charge on any atom is -0.184 e. The van der Waals surface area contributed by atoms with Crippen LogP contribution in [0.25, 0.3) is 54.9 Å². The molecule has 2 radical (unpaired) electrons. The van der Waals surface area contributed by atoms with E-state index in [4.69, 9.17) is 17.0 Å². The first kappa shape index (κ1) is 45.7. The van der Waals surface area contributed by atoms with Crippen LogP contribution in [0.2, 0.25) is 0 Å². The summed E-state index contributed by atoms with van der Waals surface area (Å²) in [7, 11) is 10.7. The molecule has 0 aromatic heterocycles. The van der Waals surface area contributed by atoms with Crippen LogP contribution in [0.4, 0.5) is 0 Å². The van der Waals surface area contributed by atoms with Crippen LogP contribution in [-0.2, 0) is 20.8 Å². The molecule has 0 aliphatic carbocycles. The molecule has 8 aromatic carbocycles. The predicted octanol–water partition coefficient (Wildman–Crippen LogP) is 15.8. The van der Waals surface area contributed by atoms with E-state index in [1.807, 2.05) is 6.07 Å². The van der Waals surface area contributed by atoms with Crippen molar-refractivity contribution in [2.24, 2.45) is 0 Å². The van der Waals surface area contributed by atoms with Gasteiger partial charge in [0.1, 0.15) is 0 Å².